The zero-order valence-corrected chi connectivity index (χ0v) is 16.4. The van der Waals surface area contributed by atoms with Crippen LogP contribution in [0, 0.1) is 0 Å². The first kappa shape index (κ1) is 23.9. The van der Waals surface area contributed by atoms with Gasteiger partial charge in [0, 0.05) is 13.3 Å². The van der Waals surface area contributed by atoms with Gasteiger partial charge < -0.3 is 14.6 Å². The second-order valence-electron chi connectivity index (χ2n) is 6.83. The lowest BCUT2D eigenvalue weighted by Crippen LogP contribution is -2.16. The molecule has 0 bridgehead atoms. The van der Waals surface area contributed by atoms with Crippen molar-refractivity contribution in [2.75, 3.05) is 6.61 Å². The highest BCUT2D eigenvalue weighted by molar-refractivity contribution is 5.69. The summed E-state index contributed by atoms with van der Waals surface area (Å²) in [6, 6.07) is 0. The van der Waals surface area contributed by atoms with Crippen molar-refractivity contribution in [1.82, 2.24) is 0 Å². The van der Waals surface area contributed by atoms with Crippen LogP contribution < -0.4 is 0 Å². The van der Waals surface area contributed by atoms with Gasteiger partial charge in [0.15, 0.2) is 0 Å². The number of hydrogen-bond donors (Lipinski definition) is 1. The number of esters is 2. The van der Waals surface area contributed by atoms with Gasteiger partial charge in [-0.15, -0.1) is 0 Å². The third-order valence-corrected chi connectivity index (χ3v) is 4.19. The van der Waals surface area contributed by atoms with Gasteiger partial charge in [0.1, 0.15) is 6.10 Å². The van der Waals surface area contributed by atoms with E-state index in [0.717, 1.165) is 70.6 Å². The number of carbonyl (C=O) groups is 2. The number of ether oxygens (including phenoxy) is 2. The van der Waals surface area contributed by atoms with E-state index in [0.29, 0.717) is 13.0 Å². The predicted molar refractivity (Wildman–Crippen MR) is 99.3 cm³/mol. The van der Waals surface area contributed by atoms with Crippen LogP contribution in [0.25, 0.3) is 0 Å². The second kappa shape index (κ2) is 16.4. The molecule has 0 aromatic rings. The van der Waals surface area contributed by atoms with Crippen molar-refractivity contribution in [2.24, 2.45) is 0 Å². The van der Waals surface area contributed by atoms with Gasteiger partial charge in [-0.2, -0.15) is 0 Å². The highest BCUT2D eigenvalue weighted by Gasteiger charge is 2.11. The zero-order valence-electron chi connectivity index (χ0n) is 16.4. The van der Waals surface area contributed by atoms with E-state index < -0.39 is 0 Å². The van der Waals surface area contributed by atoms with Crippen molar-refractivity contribution in [2.45, 2.75) is 110 Å². The Kier molecular flexibility index (Phi) is 15.7. The monoisotopic (exact) mass is 358 g/mol. The first-order valence-electron chi connectivity index (χ1n) is 9.96. The molecule has 0 saturated heterocycles. The molecule has 5 nitrogen and oxygen atoms in total. The third kappa shape index (κ3) is 17.5. The number of unbranched alkanes of at least 4 members (excludes halogenated alkanes) is 6. The lowest BCUT2D eigenvalue weighted by molar-refractivity contribution is -0.147. The Labute approximate surface area is 153 Å². The van der Waals surface area contributed by atoms with Gasteiger partial charge in [-0.25, -0.2) is 0 Å². The van der Waals surface area contributed by atoms with E-state index in [-0.39, 0.29) is 24.1 Å². The Balaban J connectivity index is 3.74. The van der Waals surface area contributed by atoms with Gasteiger partial charge in [0.05, 0.1) is 12.7 Å². The lowest BCUT2D eigenvalue weighted by Gasteiger charge is -2.17. The Morgan fingerprint density at radius 3 is 1.88 bits per heavy atom. The van der Waals surface area contributed by atoms with E-state index in [1.165, 1.54) is 6.92 Å². The van der Waals surface area contributed by atoms with E-state index in [1.807, 2.05) is 13.8 Å². The molecule has 0 aliphatic heterocycles. The van der Waals surface area contributed by atoms with Crippen LogP contribution in [0.4, 0.5) is 0 Å². The molecule has 0 fully saturated rings. The standard InChI is InChI=1S/C20H38O5/c1-4-24-20(23)16-12-8-7-11-15-19(25-18(3)22)14-10-6-5-9-13-17(2)21/h17,19,21H,4-16H2,1-3H3/t17-,19-/m0/s1. The molecule has 0 aliphatic rings. The molecule has 2 atom stereocenters. The van der Waals surface area contributed by atoms with Crippen molar-refractivity contribution in [3.05, 3.63) is 0 Å². The second-order valence-corrected chi connectivity index (χ2v) is 6.83. The quantitative estimate of drug-likeness (QED) is 0.324. The average molecular weight is 359 g/mol. The van der Waals surface area contributed by atoms with Crippen molar-refractivity contribution in [1.29, 1.82) is 0 Å². The van der Waals surface area contributed by atoms with Crippen molar-refractivity contribution >= 4 is 11.9 Å². The predicted octanol–water partition coefficient (Wildman–Crippen LogP) is 4.54. The smallest absolute Gasteiger partial charge is 0.305 e. The summed E-state index contributed by atoms with van der Waals surface area (Å²) in [7, 11) is 0. The third-order valence-electron chi connectivity index (χ3n) is 4.19. The molecular weight excluding hydrogens is 320 g/mol. The largest absolute Gasteiger partial charge is 0.466 e. The Hall–Kier alpha value is -1.10. The van der Waals surface area contributed by atoms with Crippen LogP contribution in [0.1, 0.15) is 97.8 Å². The van der Waals surface area contributed by atoms with Gasteiger partial charge in [-0.05, 0) is 52.4 Å². The molecule has 0 heterocycles. The number of aliphatic hydroxyl groups is 1. The summed E-state index contributed by atoms with van der Waals surface area (Å²) in [5.41, 5.74) is 0. The van der Waals surface area contributed by atoms with Gasteiger partial charge in [0.25, 0.3) is 0 Å². The van der Waals surface area contributed by atoms with Crippen molar-refractivity contribution in [3.63, 3.8) is 0 Å². The molecule has 0 aromatic carbocycles. The molecule has 0 aliphatic carbocycles. The fourth-order valence-corrected chi connectivity index (χ4v) is 2.89. The highest BCUT2D eigenvalue weighted by atomic mass is 16.5. The van der Waals surface area contributed by atoms with E-state index in [9.17, 15) is 14.7 Å². The maximum atomic E-state index is 11.2. The molecule has 0 radical (unpaired) electrons. The van der Waals surface area contributed by atoms with E-state index in [4.69, 9.17) is 9.47 Å². The van der Waals surface area contributed by atoms with Crippen LogP contribution in [0.15, 0.2) is 0 Å². The van der Waals surface area contributed by atoms with Crippen LogP contribution in [0.2, 0.25) is 0 Å². The van der Waals surface area contributed by atoms with Crippen molar-refractivity contribution < 1.29 is 24.2 Å². The number of aliphatic hydroxyl groups excluding tert-OH is 1. The van der Waals surface area contributed by atoms with Gasteiger partial charge in [-0.1, -0.05) is 32.1 Å². The van der Waals surface area contributed by atoms with Crippen LogP contribution >= 0.6 is 0 Å². The topological polar surface area (TPSA) is 72.8 Å². The molecule has 148 valence electrons. The molecule has 0 spiro atoms. The maximum absolute atomic E-state index is 11.2. The zero-order chi connectivity index (χ0) is 18.9. The van der Waals surface area contributed by atoms with Crippen LogP contribution in [0.3, 0.4) is 0 Å². The summed E-state index contributed by atoms with van der Waals surface area (Å²) in [6.07, 6.45) is 11.2. The first-order valence-corrected chi connectivity index (χ1v) is 9.96. The molecule has 0 aromatic heterocycles. The number of carbonyl (C=O) groups excluding carboxylic acids is 2. The molecule has 25 heavy (non-hydrogen) atoms. The molecule has 0 rings (SSSR count). The summed E-state index contributed by atoms with van der Waals surface area (Å²) in [6.45, 7) is 5.56. The molecule has 5 heteroatoms. The van der Waals surface area contributed by atoms with Gasteiger partial charge >= 0.3 is 11.9 Å². The van der Waals surface area contributed by atoms with Gasteiger partial charge in [0.2, 0.25) is 0 Å². The van der Waals surface area contributed by atoms with Gasteiger partial charge in [-0.3, -0.25) is 9.59 Å². The Morgan fingerprint density at radius 1 is 0.880 bits per heavy atom. The molecular formula is C20H38O5. The first-order chi connectivity index (χ1) is 12.0. The summed E-state index contributed by atoms with van der Waals surface area (Å²) < 4.78 is 10.3. The normalized spacial score (nSPS) is 13.3. The Morgan fingerprint density at radius 2 is 1.40 bits per heavy atom. The van der Waals surface area contributed by atoms with E-state index >= 15 is 0 Å². The minimum Gasteiger partial charge on any atom is -0.466 e. The summed E-state index contributed by atoms with van der Waals surface area (Å²) in [5.74, 6) is -0.322. The number of hydrogen-bond acceptors (Lipinski definition) is 5. The van der Waals surface area contributed by atoms with Crippen LogP contribution in [-0.4, -0.2) is 35.9 Å². The highest BCUT2D eigenvalue weighted by Crippen LogP contribution is 2.16. The number of rotatable bonds is 16. The fraction of sp³-hybridized carbons (Fsp3) is 0.900. The lowest BCUT2D eigenvalue weighted by atomic mass is 10.0. The summed E-state index contributed by atoms with van der Waals surface area (Å²) >= 11 is 0. The van der Waals surface area contributed by atoms with E-state index in [2.05, 4.69) is 0 Å². The molecule has 1 N–H and O–H groups in total. The minimum absolute atomic E-state index is 0.0133. The van der Waals surface area contributed by atoms with Crippen LogP contribution in [0.5, 0.6) is 0 Å². The van der Waals surface area contributed by atoms with E-state index in [1.54, 1.807) is 0 Å². The average Bonchev–Trinajstić information content (AvgIpc) is 2.53. The minimum atomic E-state index is -0.211. The maximum Gasteiger partial charge on any atom is 0.305 e. The summed E-state index contributed by atoms with van der Waals surface area (Å²) in [4.78, 5) is 22.5. The van der Waals surface area contributed by atoms with Crippen molar-refractivity contribution in [3.8, 4) is 0 Å². The Bertz CT molecular complexity index is 341. The summed E-state index contributed by atoms with van der Waals surface area (Å²) in [5, 5.41) is 9.23. The SMILES string of the molecule is CCOC(=O)CCCCCC[C@H](CCCCCC[C@H](C)O)OC(C)=O. The molecule has 0 amide bonds. The molecule has 0 saturated carbocycles. The molecule has 0 unspecified atom stereocenters. The fourth-order valence-electron chi connectivity index (χ4n) is 2.89. The van der Waals surface area contributed by atoms with Crippen LogP contribution in [-0.2, 0) is 19.1 Å².